The van der Waals surface area contributed by atoms with Crippen molar-refractivity contribution in [1.29, 1.82) is 0 Å². The average molecular weight is 276 g/mol. The van der Waals surface area contributed by atoms with E-state index in [0.29, 0.717) is 15.6 Å². The molecule has 1 aromatic rings. The Morgan fingerprint density at radius 2 is 2.00 bits per heavy atom. The van der Waals surface area contributed by atoms with Crippen LogP contribution in [0.15, 0.2) is 10.5 Å². The van der Waals surface area contributed by atoms with E-state index in [2.05, 4.69) is 15.9 Å². The summed E-state index contributed by atoms with van der Waals surface area (Å²) in [7, 11) is 0. The molecule has 84 valence electrons. The van der Waals surface area contributed by atoms with Crippen molar-refractivity contribution in [2.75, 3.05) is 0 Å². The van der Waals surface area contributed by atoms with Crippen molar-refractivity contribution in [2.45, 2.75) is 32.9 Å². The van der Waals surface area contributed by atoms with Crippen LogP contribution in [0.4, 0.5) is 4.39 Å². The Morgan fingerprint density at radius 3 is 2.47 bits per heavy atom. The van der Waals surface area contributed by atoms with Crippen molar-refractivity contribution in [1.82, 2.24) is 0 Å². The van der Waals surface area contributed by atoms with E-state index in [4.69, 9.17) is 5.73 Å². The SMILES string of the molecule is Cc1cc(C(O)C(C)N)c(C)c(F)c1Br. The van der Waals surface area contributed by atoms with Gasteiger partial charge in [0, 0.05) is 6.04 Å². The zero-order chi connectivity index (χ0) is 11.7. The third-order valence-electron chi connectivity index (χ3n) is 2.49. The second-order valence-corrected chi connectivity index (χ2v) is 4.63. The minimum atomic E-state index is -0.827. The fraction of sp³-hybridized carbons (Fsp3) is 0.455. The molecule has 3 N–H and O–H groups in total. The van der Waals surface area contributed by atoms with Crippen LogP contribution in [-0.2, 0) is 0 Å². The molecule has 2 unspecified atom stereocenters. The molecular weight excluding hydrogens is 261 g/mol. The zero-order valence-corrected chi connectivity index (χ0v) is 10.6. The van der Waals surface area contributed by atoms with Crippen LogP contribution < -0.4 is 5.73 Å². The fourth-order valence-electron chi connectivity index (χ4n) is 1.46. The van der Waals surface area contributed by atoms with Crippen LogP contribution in [-0.4, -0.2) is 11.1 Å². The Labute approximate surface area is 97.4 Å². The molecule has 15 heavy (non-hydrogen) atoms. The van der Waals surface area contributed by atoms with Gasteiger partial charge in [0.15, 0.2) is 0 Å². The summed E-state index contributed by atoms with van der Waals surface area (Å²) >= 11 is 3.16. The van der Waals surface area contributed by atoms with E-state index < -0.39 is 12.1 Å². The number of aliphatic hydroxyl groups excluding tert-OH is 1. The Bertz CT molecular complexity index is 379. The number of hydrogen-bond donors (Lipinski definition) is 2. The second-order valence-electron chi connectivity index (χ2n) is 3.84. The van der Waals surface area contributed by atoms with Gasteiger partial charge in [0.2, 0.25) is 0 Å². The first kappa shape index (κ1) is 12.6. The largest absolute Gasteiger partial charge is 0.387 e. The highest BCUT2D eigenvalue weighted by molar-refractivity contribution is 9.10. The van der Waals surface area contributed by atoms with Crippen molar-refractivity contribution in [3.8, 4) is 0 Å². The summed E-state index contributed by atoms with van der Waals surface area (Å²) < 4.78 is 14.1. The van der Waals surface area contributed by atoms with E-state index in [9.17, 15) is 9.50 Å². The maximum absolute atomic E-state index is 13.7. The third-order valence-corrected chi connectivity index (χ3v) is 3.46. The molecule has 0 aliphatic carbocycles. The van der Waals surface area contributed by atoms with Gasteiger partial charge in [-0.3, -0.25) is 0 Å². The van der Waals surface area contributed by atoms with E-state index in [1.165, 1.54) is 0 Å². The Morgan fingerprint density at radius 1 is 1.47 bits per heavy atom. The van der Waals surface area contributed by atoms with Crippen molar-refractivity contribution < 1.29 is 9.50 Å². The van der Waals surface area contributed by atoms with Crippen LogP contribution in [0.3, 0.4) is 0 Å². The number of aryl methyl sites for hydroxylation is 1. The molecule has 0 saturated heterocycles. The molecule has 0 bridgehead atoms. The van der Waals surface area contributed by atoms with Crippen molar-refractivity contribution in [3.05, 3.63) is 33.0 Å². The third kappa shape index (κ3) is 2.38. The van der Waals surface area contributed by atoms with Gasteiger partial charge in [-0.25, -0.2) is 4.39 Å². The maximum atomic E-state index is 13.7. The van der Waals surface area contributed by atoms with Crippen molar-refractivity contribution in [2.24, 2.45) is 5.73 Å². The van der Waals surface area contributed by atoms with E-state index in [-0.39, 0.29) is 5.82 Å². The van der Waals surface area contributed by atoms with Gasteiger partial charge < -0.3 is 10.8 Å². The zero-order valence-electron chi connectivity index (χ0n) is 9.01. The number of hydrogen-bond acceptors (Lipinski definition) is 2. The van der Waals surface area contributed by atoms with Gasteiger partial charge in [0.25, 0.3) is 0 Å². The van der Waals surface area contributed by atoms with E-state index >= 15 is 0 Å². The van der Waals surface area contributed by atoms with Gasteiger partial charge in [-0.05, 0) is 53.4 Å². The summed E-state index contributed by atoms with van der Waals surface area (Å²) in [5.41, 5.74) is 7.35. The topological polar surface area (TPSA) is 46.2 Å². The lowest BCUT2D eigenvalue weighted by Gasteiger charge is -2.19. The number of rotatable bonds is 2. The van der Waals surface area contributed by atoms with Crippen LogP contribution >= 0.6 is 15.9 Å². The second kappa shape index (κ2) is 4.60. The molecule has 0 amide bonds. The predicted molar refractivity (Wildman–Crippen MR) is 62.2 cm³/mol. The van der Waals surface area contributed by atoms with Crippen LogP contribution in [0, 0.1) is 19.7 Å². The van der Waals surface area contributed by atoms with Crippen molar-refractivity contribution >= 4 is 15.9 Å². The van der Waals surface area contributed by atoms with Gasteiger partial charge in [0.05, 0.1) is 10.6 Å². The monoisotopic (exact) mass is 275 g/mol. The van der Waals surface area contributed by atoms with Gasteiger partial charge in [-0.1, -0.05) is 6.07 Å². The lowest BCUT2D eigenvalue weighted by Crippen LogP contribution is -2.25. The standard InChI is InChI=1S/C11H15BrFNO/c1-5-4-8(11(15)7(3)14)6(2)10(13)9(5)12/h4,7,11,15H,14H2,1-3H3. The highest BCUT2D eigenvalue weighted by Crippen LogP contribution is 2.30. The van der Waals surface area contributed by atoms with Crippen LogP contribution in [0.1, 0.15) is 29.7 Å². The molecule has 2 atom stereocenters. The molecule has 0 saturated carbocycles. The lowest BCUT2D eigenvalue weighted by atomic mass is 9.97. The van der Waals surface area contributed by atoms with Crippen LogP contribution in [0.25, 0.3) is 0 Å². The molecule has 0 spiro atoms. The van der Waals surface area contributed by atoms with Gasteiger partial charge in [-0.2, -0.15) is 0 Å². The summed E-state index contributed by atoms with van der Waals surface area (Å²) in [6, 6.07) is 1.35. The summed E-state index contributed by atoms with van der Waals surface area (Å²) in [6.07, 6.45) is -0.827. The van der Waals surface area contributed by atoms with E-state index in [0.717, 1.165) is 5.56 Å². The number of halogens is 2. The smallest absolute Gasteiger partial charge is 0.140 e. The number of nitrogens with two attached hydrogens (primary N) is 1. The molecule has 2 nitrogen and oxygen atoms in total. The molecular formula is C11H15BrFNO. The number of benzene rings is 1. The summed E-state index contributed by atoms with van der Waals surface area (Å²) in [5.74, 6) is -0.329. The predicted octanol–water partition coefficient (Wildman–Crippen LogP) is 2.59. The number of aliphatic hydroxyl groups is 1. The lowest BCUT2D eigenvalue weighted by molar-refractivity contribution is 0.152. The van der Waals surface area contributed by atoms with E-state index in [1.54, 1.807) is 26.8 Å². The quantitative estimate of drug-likeness (QED) is 0.872. The normalized spacial score (nSPS) is 15.1. The van der Waals surface area contributed by atoms with Gasteiger partial charge >= 0.3 is 0 Å². The molecule has 1 rings (SSSR count). The molecule has 0 fully saturated rings. The molecule has 0 radical (unpaired) electrons. The summed E-state index contributed by atoms with van der Waals surface area (Å²) in [5, 5.41) is 9.81. The van der Waals surface area contributed by atoms with Crippen LogP contribution in [0.2, 0.25) is 0 Å². The van der Waals surface area contributed by atoms with E-state index in [1.807, 2.05) is 0 Å². The molecule has 0 aromatic heterocycles. The van der Waals surface area contributed by atoms with Crippen LogP contribution in [0.5, 0.6) is 0 Å². The van der Waals surface area contributed by atoms with Gasteiger partial charge in [0.1, 0.15) is 5.82 Å². The highest BCUT2D eigenvalue weighted by Gasteiger charge is 2.19. The minimum absolute atomic E-state index is 0.329. The average Bonchev–Trinajstić information content (AvgIpc) is 2.19. The first-order chi connectivity index (χ1) is 6.86. The first-order valence-corrected chi connectivity index (χ1v) is 5.54. The van der Waals surface area contributed by atoms with Crippen molar-refractivity contribution in [3.63, 3.8) is 0 Å². The highest BCUT2D eigenvalue weighted by atomic mass is 79.9. The molecule has 4 heteroatoms. The molecule has 0 heterocycles. The Balaban J connectivity index is 3.32. The first-order valence-electron chi connectivity index (χ1n) is 4.75. The Kier molecular flexibility index (Phi) is 3.87. The van der Waals surface area contributed by atoms with Gasteiger partial charge in [-0.15, -0.1) is 0 Å². The Hall–Kier alpha value is -0.450. The molecule has 1 aromatic carbocycles. The molecule has 0 aliphatic rings. The maximum Gasteiger partial charge on any atom is 0.140 e. The molecule has 0 aliphatic heterocycles. The fourth-order valence-corrected chi connectivity index (χ4v) is 1.87. The summed E-state index contributed by atoms with van der Waals surface area (Å²) in [4.78, 5) is 0. The summed E-state index contributed by atoms with van der Waals surface area (Å²) in [6.45, 7) is 5.11. The minimum Gasteiger partial charge on any atom is -0.387 e.